The summed E-state index contributed by atoms with van der Waals surface area (Å²) in [6.07, 6.45) is 0.574. The van der Waals surface area contributed by atoms with E-state index in [0.29, 0.717) is 12.5 Å². The molecule has 0 saturated carbocycles. The monoisotopic (exact) mass is 247 g/mol. The van der Waals surface area contributed by atoms with Gasteiger partial charge in [0.2, 0.25) is 0 Å². The first-order valence-electron chi connectivity index (χ1n) is 6.30. The molecule has 2 heterocycles. The lowest BCUT2D eigenvalue weighted by atomic mass is 9.99. The van der Waals surface area contributed by atoms with Gasteiger partial charge in [-0.1, -0.05) is 18.2 Å². The van der Waals surface area contributed by atoms with Crippen molar-refractivity contribution >= 4 is 11.8 Å². The van der Waals surface area contributed by atoms with Crippen molar-refractivity contribution in [3.8, 4) is 0 Å². The molecule has 1 fully saturated rings. The molecule has 2 aliphatic heterocycles. The Morgan fingerprint density at radius 1 is 1.50 bits per heavy atom. The molecule has 0 radical (unpaired) electrons. The number of rotatable bonds is 1. The predicted molar refractivity (Wildman–Crippen MR) is 68.0 cm³/mol. The second kappa shape index (κ2) is 4.26. The van der Waals surface area contributed by atoms with Crippen molar-refractivity contribution in [2.75, 3.05) is 18.1 Å². The molecule has 0 spiro atoms. The normalized spacial score (nSPS) is 26.0. The van der Waals surface area contributed by atoms with Gasteiger partial charge in [-0.3, -0.25) is 10.7 Å². The second-order valence-corrected chi connectivity index (χ2v) is 4.67. The molecule has 0 aromatic heterocycles. The van der Waals surface area contributed by atoms with Crippen molar-refractivity contribution in [3.05, 3.63) is 29.8 Å². The zero-order chi connectivity index (χ0) is 12.7. The first-order chi connectivity index (χ1) is 8.74. The van der Waals surface area contributed by atoms with Crippen LogP contribution in [0.25, 0.3) is 0 Å². The fourth-order valence-corrected chi connectivity index (χ4v) is 3.01. The van der Waals surface area contributed by atoms with E-state index in [1.54, 1.807) is 9.91 Å². The van der Waals surface area contributed by atoms with E-state index in [1.807, 2.05) is 25.1 Å². The van der Waals surface area contributed by atoms with Crippen LogP contribution < -0.4 is 10.7 Å². The van der Waals surface area contributed by atoms with Gasteiger partial charge in [0.05, 0.1) is 12.3 Å². The summed E-state index contributed by atoms with van der Waals surface area (Å²) in [5.74, 6) is 6.31. The number of nitrogens with two attached hydrogens (primary N) is 1. The zero-order valence-electron chi connectivity index (χ0n) is 10.4. The fraction of sp³-hybridized carbons (Fsp3) is 0.462. The van der Waals surface area contributed by atoms with Gasteiger partial charge in [0.15, 0.2) is 0 Å². The van der Waals surface area contributed by atoms with Crippen molar-refractivity contribution < 1.29 is 9.53 Å². The van der Waals surface area contributed by atoms with Crippen LogP contribution in [-0.4, -0.2) is 30.4 Å². The molecule has 96 valence electrons. The van der Waals surface area contributed by atoms with Crippen molar-refractivity contribution in [3.63, 3.8) is 0 Å². The van der Waals surface area contributed by atoms with Crippen LogP contribution in [0.15, 0.2) is 24.3 Å². The maximum atomic E-state index is 12.1. The lowest BCUT2D eigenvalue weighted by Crippen LogP contribution is -2.50. The molecule has 5 heteroatoms. The molecule has 5 nitrogen and oxygen atoms in total. The van der Waals surface area contributed by atoms with E-state index in [-0.39, 0.29) is 12.3 Å². The van der Waals surface area contributed by atoms with Crippen molar-refractivity contribution in [1.82, 2.24) is 5.01 Å². The van der Waals surface area contributed by atoms with Crippen molar-refractivity contribution in [2.45, 2.75) is 25.4 Å². The summed E-state index contributed by atoms with van der Waals surface area (Å²) < 4.78 is 5.14. The lowest BCUT2D eigenvalue weighted by molar-refractivity contribution is 0.146. The number of hydrogen-bond acceptors (Lipinski definition) is 4. The molecule has 0 aliphatic carbocycles. The summed E-state index contributed by atoms with van der Waals surface area (Å²) >= 11 is 0. The number of fused-ring (bicyclic) bond motifs is 3. The minimum Gasteiger partial charge on any atom is -0.449 e. The molecule has 1 aromatic carbocycles. The van der Waals surface area contributed by atoms with E-state index in [1.165, 1.54) is 5.56 Å². The predicted octanol–water partition coefficient (Wildman–Crippen LogP) is 1.65. The van der Waals surface area contributed by atoms with Crippen LogP contribution in [0.2, 0.25) is 0 Å². The molecule has 0 bridgehead atoms. The Bertz CT molecular complexity index is 477. The largest absolute Gasteiger partial charge is 0.449 e. The molecule has 1 aromatic rings. The van der Waals surface area contributed by atoms with Crippen LogP contribution >= 0.6 is 0 Å². The maximum Gasteiger partial charge on any atom is 0.415 e. The molecule has 18 heavy (non-hydrogen) atoms. The highest BCUT2D eigenvalue weighted by atomic mass is 16.6. The number of hydrogen-bond donors (Lipinski definition) is 1. The highest BCUT2D eigenvalue weighted by molar-refractivity contribution is 5.91. The third kappa shape index (κ3) is 1.51. The Kier molecular flexibility index (Phi) is 2.72. The van der Waals surface area contributed by atoms with Crippen LogP contribution in [0.4, 0.5) is 10.5 Å². The first kappa shape index (κ1) is 11.5. The minimum absolute atomic E-state index is 0.0959. The molecule has 2 atom stereocenters. The van der Waals surface area contributed by atoms with Gasteiger partial charge in [-0.2, -0.15) is 0 Å². The number of hydrazine groups is 1. The molecule has 1 amide bonds. The maximum absolute atomic E-state index is 12.1. The van der Waals surface area contributed by atoms with E-state index in [9.17, 15) is 4.79 Å². The van der Waals surface area contributed by atoms with Gasteiger partial charge in [-0.25, -0.2) is 9.80 Å². The lowest BCUT2D eigenvalue weighted by Gasteiger charge is -2.28. The molecular formula is C13H17N3O2. The number of carbonyl (C=O) groups is 1. The van der Waals surface area contributed by atoms with E-state index >= 15 is 0 Å². The van der Waals surface area contributed by atoms with E-state index in [0.717, 1.165) is 18.7 Å². The summed E-state index contributed by atoms with van der Waals surface area (Å²) in [6.45, 7) is 2.99. The Balaban J connectivity index is 2.03. The molecule has 2 aliphatic rings. The van der Waals surface area contributed by atoms with Gasteiger partial charge in [-0.15, -0.1) is 0 Å². The van der Waals surface area contributed by atoms with Crippen LogP contribution in [-0.2, 0) is 4.74 Å². The van der Waals surface area contributed by atoms with Crippen LogP contribution in [0.5, 0.6) is 0 Å². The summed E-state index contributed by atoms with van der Waals surface area (Å²) in [5, 5.41) is 1.74. The standard InChI is InChI=1S/C13H17N3O2/c1-2-18-13(17)16-11-6-4-3-5-9(11)10-7-8-15(14)12(10)16/h3-6,10,12H,2,7-8,14H2,1H3. The zero-order valence-corrected chi connectivity index (χ0v) is 10.4. The van der Waals surface area contributed by atoms with Gasteiger partial charge in [0.25, 0.3) is 0 Å². The molecule has 2 N–H and O–H groups in total. The molecule has 3 rings (SSSR count). The number of para-hydroxylation sites is 1. The smallest absolute Gasteiger partial charge is 0.415 e. The van der Waals surface area contributed by atoms with Gasteiger partial charge in [0.1, 0.15) is 6.17 Å². The van der Waals surface area contributed by atoms with Crippen LogP contribution in [0.3, 0.4) is 0 Å². The quantitative estimate of drug-likeness (QED) is 0.767. The van der Waals surface area contributed by atoms with E-state index in [2.05, 4.69) is 6.07 Å². The van der Waals surface area contributed by atoms with Crippen molar-refractivity contribution in [1.29, 1.82) is 0 Å². The topological polar surface area (TPSA) is 58.8 Å². The number of benzene rings is 1. The Morgan fingerprint density at radius 2 is 2.28 bits per heavy atom. The number of amides is 1. The molecular weight excluding hydrogens is 230 g/mol. The van der Waals surface area contributed by atoms with Gasteiger partial charge >= 0.3 is 6.09 Å². The third-order valence-electron chi connectivity index (χ3n) is 3.72. The Morgan fingerprint density at radius 3 is 3.06 bits per heavy atom. The number of nitrogens with zero attached hydrogens (tertiary/aromatic N) is 2. The van der Waals surface area contributed by atoms with Gasteiger partial charge < -0.3 is 4.74 Å². The highest BCUT2D eigenvalue weighted by Crippen LogP contribution is 2.46. The number of carbonyl (C=O) groups excluding carboxylic acids is 1. The summed E-state index contributed by atoms with van der Waals surface area (Å²) in [6, 6.07) is 7.97. The summed E-state index contributed by atoms with van der Waals surface area (Å²) in [4.78, 5) is 13.8. The number of ether oxygens (including phenoxy) is 1. The van der Waals surface area contributed by atoms with Gasteiger partial charge in [-0.05, 0) is 25.0 Å². The minimum atomic E-state index is -0.310. The van der Waals surface area contributed by atoms with E-state index < -0.39 is 0 Å². The number of anilines is 1. The highest BCUT2D eigenvalue weighted by Gasteiger charge is 2.48. The molecule has 1 saturated heterocycles. The van der Waals surface area contributed by atoms with Crippen LogP contribution in [0, 0.1) is 0 Å². The van der Waals surface area contributed by atoms with Crippen molar-refractivity contribution in [2.24, 2.45) is 5.84 Å². The van der Waals surface area contributed by atoms with E-state index in [4.69, 9.17) is 10.6 Å². The fourth-order valence-electron chi connectivity index (χ4n) is 3.01. The molecule has 2 unspecified atom stereocenters. The Labute approximate surface area is 106 Å². The second-order valence-electron chi connectivity index (χ2n) is 4.67. The summed E-state index contributed by atoms with van der Waals surface area (Å²) in [5.41, 5.74) is 2.13. The average Bonchev–Trinajstić information content (AvgIpc) is 2.89. The third-order valence-corrected chi connectivity index (χ3v) is 3.72. The van der Waals surface area contributed by atoms with Gasteiger partial charge in [0, 0.05) is 12.5 Å². The van der Waals surface area contributed by atoms with Crippen LogP contribution in [0.1, 0.15) is 24.8 Å². The SMILES string of the molecule is CCOC(=O)N1c2ccccc2C2CCN(N)C21. The first-order valence-corrected chi connectivity index (χ1v) is 6.30. The Hall–Kier alpha value is -1.59. The summed E-state index contributed by atoms with van der Waals surface area (Å²) in [7, 11) is 0. The average molecular weight is 247 g/mol.